The number of carbonyl (C=O) groups excluding carboxylic acids is 1. The molecule has 168 valence electrons. The van der Waals surface area contributed by atoms with Gasteiger partial charge in [0.05, 0.1) is 5.75 Å². The second-order valence-corrected chi connectivity index (χ2v) is 9.02. The van der Waals surface area contributed by atoms with Gasteiger partial charge in [-0.15, -0.1) is 10.2 Å². The Balaban J connectivity index is 1.51. The van der Waals surface area contributed by atoms with E-state index in [2.05, 4.69) is 60.2 Å². The molecule has 6 nitrogen and oxygen atoms in total. The van der Waals surface area contributed by atoms with E-state index in [0.717, 1.165) is 16.8 Å². The van der Waals surface area contributed by atoms with Gasteiger partial charge in [-0.2, -0.15) is 0 Å². The van der Waals surface area contributed by atoms with Gasteiger partial charge < -0.3 is 4.90 Å². The zero-order valence-corrected chi connectivity index (χ0v) is 19.9. The molecule has 0 N–H and O–H groups in total. The molecule has 0 aliphatic heterocycles. The van der Waals surface area contributed by atoms with Gasteiger partial charge in [-0.05, 0) is 66.8 Å². The van der Waals surface area contributed by atoms with Crippen LogP contribution >= 0.6 is 11.8 Å². The van der Waals surface area contributed by atoms with E-state index in [1.54, 1.807) is 12.5 Å². The third-order valence-electron chi connectivity index (χ3n) is 5.68. The van der Waals surface area contributed by atoms with Crippen LogP contribution in [0.5, 0.6) is 0 Å². The number of hydrogen-bond donors (Lipinski definition) is 0. The summed E-state index contributed by atoms with van der Waals surface area (Å²) >= 11 is 1.40. The monoisotopic (exact) mass is 457 g/mol. The average molecular weight is 458 g/mol. The predicted octanol–water partition coefficient (Wildman–Crippen LogP) is 4.91. The van der Waals surface area contributed by atoms with E-state index in [0.29, 0.717) is 18.2 Å². The summed E-state index contributed by atoms with van der Waals surface area (Å²) in [6, 6.07) is 18.3. The number of pyridine rings is 1. The zero-order chi connectivity index (χ0) is 23.2. The predicted molar refractivity (Wildman–Crippen MR) is 131 cm³/mol. The molecule has 4 aromatic rings. The standard InChI is InChI=1S/C26H27N5OS/c1-19-10-11-24(13-21(19)3)31-18-28-29-26(31)33-17-25(32)30(15-22-8-6-12-27-14-22)16-23-9-5-4-7-20(23)2/h4-14,18H,15-17H2,1-3H3. The first-order valence-electron chi connectivity index (χ1n) is 10.8. The smallest absolute Gasteiger partial charge is 0.233 e. The van der Waals surface area contributed by atoms with Crippen LogP contribution in [0.2, 0.25) is 0 Å². The van der Waals surface area contributed by atoms with Crippen LogP contribution in [0.4, 0.5) is 0 Å². The minimum absolute atomic E-state index is 0.0433. The highest BCUT2D eigenvalue weighted by molar-refractivity contribution is 7.99. The summed E-state index contributed by atoms with van der Waals surface area (Å²) in [4.78, 5) is 19.4. The van der Waals surface area contributed by atoms with Gasteiger partial charge >= 0.3 is 0 Å². The average Bonchev–Trinajstić information content (AvgIpc) is 3.29. The molecule has 1 amide bonds. The first kappa shape index (κ1) is 22.7. The van der Waals surface area contributed by atoms with E-state index in [1.165, 1.54) is 28.5 Å². The Morgan fingerprint density at radius 3 is 2.58 bits per heavy atom. The highest BCUT2D eigenvalue weighted by atomic mass is 32.2. The molecule has 0 atom stereocenters. The van der Waals surface area contributed by atoms with Gasteiger partial charge in [-0.1, -0.05) is 48.2 Å². The van der Waals surface area contributed by atoms with Crippen LogP contribution < -0.4 is 0 Å². The van der Waals surface area contributed by atoms with E-state index >= 15 is 0 Å². The number of aromatic nitrogens is 4. The molecule has 0 saturated heterocycles. The fourth-order valence-electron chi connectivity index (χ4n) is 3.53. The van der Waals surface area contributed by atoms with Gasteiger partial charge in [-0.25, -0.2) is 0 Å². The molecule has 7 heteroatoms. The van der Waals surface area contributed by atoms with Gasteiger partial charge in [0.2, 0.25) is 5.91 Å². The molecule has 2 aromatic heterocycles. The Morgan fingerprint density at radius 2 is 1.82 bits per heavy atom. The number of nitrogens with zero attached hydrogens (tertiary/aromatic N) is 5. The van der Waals surface area contributed by atoms with Crippen LogP contribution in [0.1, 0.15) is 27.8 Å². The normalized spacial score (nSPS) is 10.9. The fourth-order valence-corrected chi connectivity index (χ4v) is 4.36. The van der Waals surface area contributed by atoms with Crippen molar-refractivity contribution in [1.82, 2.24) is 24.6 Å². The summed E-state index contributed by atoms with van der Waals surface area (Å²) in [7, 11) is 0. The van der Waals surface area contributed by atoms with Crippen molar-refractivity contribution in [2.45, 2.75) is 39.0 Å². The van der Waals surface area contributed by atoms with Crippen molar-refractivity contribution in [2.24, 2.45) is 0 Å². The Hall–Kier alpha value is -3.45. The van der Waals surface area contributed by atoms with Gasteiger partial charge in [0.15, 0.2) is 5.16 Å². The second-order valence-electron chi connectivity index (χ2n) is 8.08. The molecule has 0 fully saturated rings. The number of carbonyl (C=O) groups is 1. The van der Waals surface area contributed by atoms with Crippen molar-refractivity contribution in [2.75, 3.05) is 5.75 Å². The number of thioether (sulfide) groups is 1. The van der Waals surface area contributed by atoms with Crippen LogP contribution in [0.3, 0.4) is 0 Å². The molecule has 0 saturated carbocycles. The summed E-state index contributed by atoms with van der Waals surface area (Å²) in [5, 5.41) is 9.03. The first-order chi connectivity index (χ1) is 16.0. The highest BCUT2D eigenvalue weighted by Crippen LogP contribution is 2.23. The Morgan fingerprint density at radius 1 is 0.970 bits per heavy atom. The third-order valence-corrected chi connectivity index (χ3v) is 6.61. The lowest BCUT2D eigenvalue weighted by molar-refractivity contribution is -0.129. The van der Waals surface area contributed by atoms with Crippen molar-refractivity contribution in [1.29, 1.82) is 0 Å². The quantitative estimate of drug-likeness (QED) is 0.352. The van der Waals surface area contributed by atoms with Crippen LogP contribution in [0, 0.1) is 20.8 Å². The van der Waals surface area contributed by atoms with E-state index < -0.39 is 0 Å². The highest BCUT2D eigenvalue weighted by Gasteiger charge is 2.18. The van der Waals surface area contributed by atoms with Crippen molar-refractivity contribution in [3.63, 3.8) is 0 Å². The molecule has 0 radical (unpaired) electrons. The molecule has 2 heterocycles. The minimum Gasteiger partial charge on any atom is -0.333 e. The number of benzene rings is 2. The number of amides is 1. The Labute approximate surface area is 198 Å². The molecule has 0 unspecified atom stereocenters. The summed E-state index contributed by atoms with van der Waals surface area (Å²) in [6.45, 7) is 7.30. The SMILES string of the molecule is Cc1ccc(-n2cnnc2SCC(=O)N(Cc2cccnc2)Cc2ccccc2C)cc1C. The lowest BCUT2D eigenvalue weighted by Gasteiger charge is -2.23. The van der Waals surface area contributed by atoms with Gasteiger partial charge in [0.25, 0.3) is 0 Å². The lowest BCUT2D eigenvalue weighted by Crippen LogP contribution is -2.32. The number of hydrogen-bond acceptors (Lipinski definition) is 5. The molecule has 33 heavy (non-hydrogen) atoms. The summed E-state index contributed by atoms with van der Waals surface area (Å²) in [5.41, 5.74) is 6.74. The van der Waals surface area contributed by atoms with E-state index in [4.69, 9.17) is 0 Å². The maximum atomic E-state index is 13.3. The third kappa shape index (κ3) is 5.68. The van der Waals surface area contributed by atoms with Crippen LogP contribution in [-0.4, -0.2) is 36.3 Å². The molecule has 4 rings (SSSR count). The van der Waals surface area contributed by atoms with Crippen molar-refractivity contribution < 1.29 is 4.79 Å². The summed E-state index contributed by atoms with van der Waals surface area (Å²) in [6.07, 6.45) is 5.24. The first-order valence-corrected chi connectivity index (χ1v) is 11.8. The number of rotatable bonds is 8. The van der Waals surface area contributed by atoms with Gasteiger partial charge in [0, 0.05) is 31.2 Å². The maximum absolute atomic E-state index is 13.3. The zero-order valence-electron chi connectivity index (χ0n) is 19.1. The fraction of sp³-hybridized carbons (Fsp3) is 0.231. The summed E-state index contributed by atoms with van der Waals surface area (Å²) in [5.74, 6) is 0.317. The summed E-state index contributed by atoms with van der Waals surface area (Å²) < 4.78 is 1.93. The van der Waals surface area contributed by atoms with E-state index in [-0.39, 0.29) is 11.7 Å². The minimum atomic E-state index is 0.0433. The molecule has 0 spiro atoms. The lowest BCUT2D eigenvalue weighted by atomic mass is 10.1. The van der Waals surface area contributed by atoms with Gasteiger partial charge in [0.1, 0.15) is 6.33 Å². The van der Waals surface area contributed by atoms with E-state index in [1.807, 2.05) is 46.0 Å². The molecule has 0 aliphatic carbocycles. The molecule has 0 bridgehead atoms. The van der Waals surface area contributed by atoms with Crippen molar-refractivity contribution in [3.05, 3.63) is 101 Å². The number of aryl methyl sites for hydroxylation is 3. The largest absolute Gasteiger partial charge is 0.333 e. The van der Waals surface area contributed by atoms with Crippen LogP contribution in [-0.2, 0) is 17.9 Å². The second kappa shape index (κ2) is 10.4. The molecule has 2 aromatic carbocycles. The van der Waals surface area contributed by atoms with Crippen LogP contribution in [0.25, 0.3) is 5.69 Å². The molecular weight excluding hydrogens is 430 g/mol. The maximum Gasteiger partial charge on any atom is 0.233 e. The topological polar surface area (TPSA) is 63.9 Å². The van der Waals surface area contributed by atoms with Crippen LogP contribution in [0.15, 0.2) is 78.5 Å². The van der Waals surface area contributed by atoms with E-state index in [9.17, 15) is 4.79 Å². The van der Waals surface area contributed by atoms with Crippen molar-refractivity contribution in [3.8, 4) is 5.69 Å². The Kier molecular flexibility index (Phi) is 7.19. The molecule has 0 aliphatic rings. The Bertz CT molecular complexity index is 1240. The molecular formula is C26H27N5OS. The van der Waals surface area contributed by atoms with Gasteiger partial charge in [-0.3, -0.25) is 14.3 Å². The van der Waals surface area contributed by atoms with Crippen molar-refractivity contribution >= 4 is 17.7 Å².